The first-order chi connectivity index (χ1) is 8.63. The summed E-state index contributed by atoms with van der Waals surface area (Å²) >= 11 is 5.92. The lowest BCUT2D eigenvalue weighted by Gasteiger charge is -2.12. The molecular formula is C14H10ClF2N. The van der Waals surface area contributed by atoms with Gasteiger partial charge in [-0.3, -0.25) is 0 Å². The molecule has 1 N–H and O–H groups in total. The Morgan fingerprint density at radius 3 is 2.72 bits per heavy atom. The number of hydrogen-bond donors (Lipinski definition) is 1. The van der Waals surface area contributed by atoms with Crippen LogP contribution < -0.4 is 5.32 Å². The van der Waals surface area contributed by atoms with Crippen molar-refractivity contribution in [1.82, 2.24) is 0 Å². The second-order valence-corrected chi connectivity index (χ2v) is 4.80. The van der Waals surface area contributed by atoms with Crippen LogP contribution in [0, 0.1) is 11.6 Å². The van der Waals surface area contributed by atoms with Crippen LogP contribution in [0.5, 0.6) is 0 Å². The molecule has 2 aromatic carbocycles. The molecule has 3 rings (SSSR count). The van der Waals surface area contributed by atoms with E-state index in [2.05, 4.69) is 5.32 Å². The van der Waals surface area contributed by atoms with Crippen LogP contribution in [-0.2, 0) is 6.42 Å². The van der Waals surface area contributed by atoms with Gasteiger partial charge in [0.05, 0.1) is 6.04 Å². The van der Waals surface area contributed by atoms with Crippen molar-refractivity contribution in [3.05, 3.63) is 64.2 Å². The summed E-state index contributed by atoms with van der Waals surface area (Å²) in [7, 11) is 0. The van der Waals surface area contributed by atoms with Crippen LogP contribution in [0.4, 0.5) is 14.5 Å². The molecule has 0 saturated carbocycles. The maximum absolute atomic E-state index is 13.7. The number of anilines is 1. The van der Waals surface area contributed by atoms with Gasteiger partial charge in [0, 0.05) is 22.3 Å². The molecule has 1 nitrogen and oxygen atoms in total. The van der Waals surface area contributed by atoms with E-state index >= 15 is 0 Å². The molecule has 1 atom stereocenters. The molecule has 4 heteroatoms. The average Bonchev–Trinajstić information content (AvgIpc) is 2.71. The smallest absolute Gasteiger partial charge is 0.131 e. The lowest BCUT2D eigenvalue weighted by molar-refractivity contribution is 0.563. The maximum atomic E-state index is 13.7. The lowest BCUT2D eigenvalue weighted by Crippen LogP contribution is -2.08. The second kappa shape index (κ2) is 4.25. The highest BCUT2D eigenvalue weighted by molar-refractivity contribution is 6.30. The summed E-state index contributed by atoms with van der Waals surface area (Å²) in [5.41, 5.74) is 2.48. The van der Waals surface area contributed by atoms with Gasteiger partial charge in [0.2, 0.25) is 0 Å². The molecule has 0 radical (unpaired) electrons. The Balaban J connectivity index is 1.93. The van der Waals surface area contributed by atoms with Crippen molar-refractivity contribution in [2.45, 2.75) is 12.5 Å². The molecule has 1 unspecified atom stereocenters. The van der Waals surface area contributed by atoms with Gasteiger partial charge in [-0.1, -0.05) is 17.7 Å². The first-order valence-electron chi connectivity index (χ1n) is 5.63. The Hall–Kier alpha value is -1.61. The van der Waals surface area contributed by atoms with Crippen LogP contribution in [-0.4, -0.2) is 0 Å². The topological polar surface area (TPSA) is 12.0 Å². The Kier molecular flexibility index (Phi) is 2.71. The summed E-state index contributed by atoms with van der Waals surface area (Å²) in [6.07, 6.45) is 0.651. The Morgan fingerprint density at radius 2 is 1.94 bits per heavy atom. The second-order valence-electron chi connectivity index (χ2n) is 4.37. The minimum Gasteiger partial charge on any atom is -0.378 e. The summed E-state index contributed by atoms with van der Waals surface area (Å²) in [5.74, 6) is -1.08. The fourth-order valence-corrected chi connectivity index (χ4v) is 2.50. The van der Waals surface area contributed by atoms with Crippen molar-refractivity contribution in [2.75, 3.05) is 5.32 Å². The normalized spacial score (nSPS) is 17.4. The van der Waals surface area contributed by atoms with Crippen LogP contribution in [0.3, 0.4) is 0 Å². The maximum Gasteiger partial charge on any atom is 0.131 e. The molecule has 92 valence electrons. The number of halogens is 3. The van der Waals surface area contributed by atoms with Crippen molar-refractivity contribution < 1.29 is 8.78 Å². The number of fused-ring (bicyclic) bond motifs is 1. The van der Waals surface area contributed by atoms with E-state index in [0.717, 1.165) is 17.3 Å². The molecule has 0 aromatic heterocycles. The standard InChI is InChI=1S/C14H10ClF2N/c15-9-1-4-13-8(5-9)6-14(18-13)11-3-2-10(16)7-12(11)17/h1-5,7,14,18H,6H2. The van der Waals surface area contributed by atoms with E-state index < -0.39 is 11.6 Å². The molecule has 2 aromatic rings. The Labute approximate surface area is 108 Å². The van der Waals surface area contributed by atoms with Gasteiger partial charge < -0.3 is 5.32 Å². The molecule has 0 fully saturated rings. The molecule has 0 amide bonds. The van der Waals surface area contributed by atoms with Crippen molar-refractivity contribution in [1.29, 1.82) is 0 Å². The van der Waals surface area contributed by atoms with E-state index in [9.17, 15) is 8.78 Å². The minimum absolute atomic E-state index is 0.168. The summed E-state index contributed by atoms with van der Waals surface area (Å²) in [4.78, 5) is 0. The predicted molar refractivity (Wildman–Crippen MR) is 67.9 cm³/mol. The molecular weight excluding hydrogens is 256 g/mol. The number of rotatable bonds is 1. The number of hydrogen-bond acceptors (Lipinski definition) is 1. The largest absolute Gasteiger partial charge is 0.378 e. The quantitative estimate of drug-likeness (QED) is 0.809. The SMILES string of the molecule is Fc1ccc(C2Cc3cc(Cl)ccc3N2)c(F)c1. The monoisotopic (exact) mass is 265 g/mol. The van der Waals surface area contributed by atoms with Gasteiger partial charge >= 0.3 is 0 Å². The molecule has 1 heterocycles. The highest BCUT2D eigenvalue weighted by Gasteiger charge is 2.24. The predicted octanol–water partition coefficient (Wildman–Crippen LogP) is 4.33. The molecule has 0 saturated heterocycles. The van der Waals surface area contributed by atoms with E-state index in [1.165, 1.54) is 12.1 Å². The van der Waals surface area contributed by atoms with Crippen LogP contribution in [0.2, 0.25) is 5.02 Å². The van der Waals surface area contributed by atoms with E-state index in [4.69, 9.17) is 11.6 Å². The van der Waals surface area contributed by atoms with Crippen molar-refractivity contribution in [3.63, 3.8) is 0 Å². The molecule has 0 bridgehead atoms. The zero-order chi connectivity index (χ0) is 12.7. The van der Waals surface area contributed by atoms with E-state index in [-0.39, 0.29) is 6.04 Å². The molecule has 1 aliphatic heterocycles. The fraction of sp³-hybridized carbons (Fsp3) is 0.143. The zero-order valence-electron chi connectivity index (χ0n) is 9.38. The van der Waals surface area contributed by atoms with Gasteiger partial charge in [0.1, 0.15) is 11.6 Å². The van der Waals surface area contributed by atoms with Crippen molar-refractivity contribution >= 4 is 17.3 Å². The van der Waals surface area contributed by atoms with Gasteiger partial charge in [-0.05, 0) is 36.2 Å². The summed E-state index contributed by atoms with van der Waals surface area (Å²) in [6, 6.07) is 9.03. The summed E-state index contributed by atoms with van der Waals surface area (Å²) in [6.45, 7) is 0. The van der Waals surface area contributed by atoms with Gasteiger partial charge in [0.25, 0.3) is 0 Å². The van der Waals surface area contributed by atoms with E-state index in [1.54, 1.807) is 6.07 Å². The highest BCUT2D eigenvalue weighted by Crippen LogP contribution is 2.36. The highest BCUT2D eigenvalue weighted by atomic mass is 35.5. The van der Waals surface area contributed by atoms with E-state index in [1.807, 2.05) is 12.1 Å². The molecule has 0 spiro atoms. The Morgan fingerprint density at radius 1 is 1.11 bits per heavy atom. The molecule has 1 aliphatic rings. The van der Waals surface area contributed by atoms with Gasteiger partial charge in [0.15, 0.2) is 0 Å². The van der Waals surface area contributed by atoms with Crippen molar-refractivity contribution in [2.24, 2.45) is 0 Å². The van der Waals surface area contributed by atoms with Crippen LogP contribution in [0.25, 0.3) is 0 Å². The van der Waals surface area contributed by atoms with Gasteiger partial charge in [-0.25, -0.2) is 8.78 Å². The third kappa shape index (κ3) is 1.95. The molecule has 0 aliphatic carbocycles. The zero-order valence-corrected chi connectivity index (χ0v) is 10.1. The van der Waals surface area contributed by atoms with Crippen LogP contribution >= 0.6 is 11.6 Å². The first kappa shape index (κ1) is 11.5. The summed E-state index contributed by atoms with van der Waals surface area (Å²) in [5, 5.41) is 3.88. The number of benzene rings is 2. The summed E-state index contributed by atoms with van der Waals surface area (Å²) < 4.78 is 26.6. The van der Waals surface area contributed by atoms with Crippen LogP contribution in [0.15, 0.2) is 36.4 Å². The Bertz CT molecular complexity index is 613. The third-order valence-electron chi connectivity index (χ3n) is 3.16. The average molecular weight is 266 g/mol. The van der Waals surface area contributed by atoms with E-state index in [0.29, 0.717) is 17.0 Å². The minimum atomic E-state index is -0.560. The lowest BCUT2D eigenvalue weighted by atomic mass is 10.0. The fourth-order valence-electron chi connectivity index (χ4n) is 2.30. The van der Waals surface area contributed by atoms with Crippen molar-refractivity contribution in [3.8, 4) is 0 Å². The van der Waals surface area contributed by atoms with Crippen LogP contribution in [0.1, 0.15) is 17.2 Å². The third-order valence-corrected chi connectivity index (χ3v) is 3.39. The van der Waals surface area contributed by atoms with Gasteiger partial charge in [-0.2, -0.15) is 0 Å². The number of nitrogens with one attached hydrogen (secondary N) is 1. The molecule has 18 heavy (non-hydrogen) atoms. The first-order valence-corrected chi connectivity index (χ1v) is 6.01. The van der Waals surface area contributed by atoms with Gasteiger partial charge in [-0.15, -0.1) is 0 Å².